The van der Waals surface area contributed by atoms with E-state index < -0.39 is 0 Å². The Labute approximate surface area is 176 Å². The molecule has 3 aromatic carbocycles. The first-order valence-corrected chi connectivity index (χ1v) is 11.1. The van der Waals surface area contributed by atoms with Gasteiger partial charge in [0.15, 0.2) is 0 Å². The summed E-state index contributed by atoms with van der Waals surface area (Å²) in [4.78, 5) is 0. The van der Waals surface area contributed by atoms with E-state index in [9.17, 15) is 0 Å². The normalized spacial score (nSPS) is 10.8. The average molecular weight is 387 g/mol. The summed E-state index contributed by atoms with van der Waals surface area (Å²) in [5.41, 5.74) is 6.49. The van der Waals surface area contributed by atoms with Crippen LogP contribution in [0.2, 0.25) is 0 Å². The molecular formula is C28H34O. The maximum Gasteiger partial charge on any atom is 0.119 e. The number of benzene rings is 3. The Morgan fingerprint density at radius 3 is 1.72 bits per heavy atom. The standard InChI is InChI=1S/C28H34O/c1-3-4-5-6-7-8-21-29-28-19-17-27(18-20-28)26-15-13-25(14-16-26)22-24-11-9-23(2)10-12-24/h9-20H,3-8,21-22H2,1-2H3. The molecule has 0 saturated carbocycles. The molecular weight excluding hydrogens is 352 g/mol. The molecule has 0 fully saturated rings. The molecule has 0 bridgehead atoms. The first-order chi connectivity index (χ1) is 14.2. The minimum absolute atomic E-state index is 0.819. The zero-order chi connectivity index (χ0) is 20.3. The summed E-state index contributed by atoms with van der Waals surface area (Å²) in [5.74, 6) is 0.971. The molecule has 1 heteroatoms. The molecule has 0 amide bonds. The van der Waals surface area contributed by atoms with Gasteiger partial charge in [0.2, 0.25) is 0 Å². The second-order valence-electron chi connectivity index (χ2n) is 8.00. The van der Waals surface area contributed by atoms with E-state index in [1.807, 2.05) is 0 Å². The van der Waals surface area contributed by atoms with Crippen molar-refractivity contribution in [1.82, 2.24) is 0 Å². The van der Waals surface area contributed by atoms with Gasteiger partial charge in [0.25, 0.3) is 0 Å². The number of aryl methyl sites for hydroxylation is 1. The molecule has 0 saturated heterocycles. The van der Waals surface area contributed by atoms with Crippen LogP contribution in [-0.2, 0) is 6.42 Å². The van der Waals surface area contributed by atoms with Gasteiger partial charge in [0, 0.05) is 0 Å². The Bertz CT molecular complexity index is 829. The molecule has 0 aromatic heterocycles. The van der Waals surface area contributed by atoms with Crippen molar-refractivity contribution < 1.29 is 4.74 Å². The number of ether oxygens (including phenoxy) is 1. The minimum atomic E-state index is 0.819. The lowest BCUT2D eigenvalue weighted by atomic mass is 10.00. The Hall–Kier alpha value is -2.54. The monoisotopic (exact) mass is 386 g/mol. The summed E-state index contributed by atoms with van der Waals surface area (Å²) in [6, 6.07) is 26.2. The maximum absolute atomic E-state index is 5.90. The van der Waals surface area contributed by atoms with Gasteiger partial charge in [-0.05, 0) is 54.2 Å². The van der Waals surface area contributed by atoms with Crippen molar-refractivity contribution in [1.29, 1.82) is 0 Å². The average Bonchev–Trinajstić information content (AvgIpc) is 2.76. The lowest BCUT2D eigenvalue weighted by Crippen LogP contribution is -1.97. The van der Waals surface area contributed by atoms with Gasteiger partial charge in [-0.25, -0.2) is 0 Å². The van der Waals surface area contributed by atoms with E-state index >= 15 is 0 Å². The third kappa shape index (κ3) is 7.09. The van der Waals surface area contributed by atoms with E-state index in [1.165, 1.54) is 59.9 Å². The zero-order valence-corrected chi connectivity index (χ0v) is 18.0. The fourth-order valence-electron chi connectivity index (χ4n) is 3.57. The van der Waals surface area contributed by atoms with Crippen LogP contribution in [0.1, 0.15) is 62.1 Å². The van der Waals surface area contributed by atoms with Gasteiger partial charge in [0.05, 0.1) is 6.61 Å². The molecule has 1 nitrogen and oxygen atoms in total. The number of rotatable bonds is 11. The molecule has 0 N–H and O–H groups in total. The number of hydrogen-bond donors (Lipinski definition) is 0. The van der Waals surface area contributed by atoms with Gasteiger partial charge < -0.3 is 4.74 Å². The highest BCUT2D eigenvalue weighted by molar-refractivity contribution is 5.64. The predicted molar refractivity (Wildman–Crippen MR) is 125 cm³/mol. The molecule has 0 heterocycles. The SMILES string of the molecule is CCCCCCCCOc1ccc(-c2ccc(Cc3ccc(C)cc3)cc2)cc1. The molecule has 0 spiro atoms. The van der Waals surface area contributed by atoms with Gasteiger partial charge in [-0.2, -0.15) is 0 Å². The van der Waals surface area contributed by atoms with Crippen LogP contribution in [-0.4, -0.2) is 6.61 Å². The van der Waals surface area contributed by atoms with Crippen molar-refractivity contribution in [2.75, 3.05) is 6.61 Å². The summed E-state index contributed by atoms with van der Waals surface area (Å²) in [7, 11) is 0. The number of unbranched alkanes of at least 4 members (excludes halogenated alkanes) is 5. The van der Waals surface area contributed by atoms with Crippen molar-refractivity contribution in [3.05, 3.63) is 89.5 Å². The topological polar surface area (TPSA) is 9.23 Å². The summed E-state index contributed by atoms with van der Waals surface area (Å²) in [6.07, 6.45) is 8.74. The van der Waals surface area contributed by atoms with E-state index in [2.05, 4.69) is 86.6 Å². The molecule has 0 atom stereocenters. The van der Waals surface area contributed by atoms with Crippen LogP contribution in [0.4, 0.5) is 0 Å². The van der Waals surface area contributed by atoms with Crippen molar-refractivity contribution in [2.45, 2.75) is 58.8 Å². The molecule has 29 heavy (non-hydrogen) atoms. The van der Waals surface area contributed by atoms with Crippen molar-refractivity contribution >= 4 is 0 Å². The van der Waals surface area contributed by atoms with Crippen LogP contribution in [0.15, 0.2) is 72.8 Å². The van der Waals surface area contributed by atoms with Gasteiger partial charge in [-0.1, -0.05) is 105 Å². The second kappa shape index (κ2) is 11.5. The minimum Gasteiger partial charge on any atom is -0.494 e. The van der Waals surface area contributed by atoms with Gasteiger partial charge >= 0.3 is 0 Å². The highest BCUT2D eigenvalue weighted by Crippen LogP contribution is 2.24. The van der Waals surface area contributed by atoms with E-state index in [0.717, 1.165) is 25.2 Å². The molecule has 0 radical (unpaired) electrons. The van der Waals surface area contributed by atoms with E-state index in [1.54, 1.807) is 0 Å². The zero-order valence-electron chi connectivity index (χ0n) is 18.0. The molecule has 3 rings (SSSR count). The predicted octanol–water partition coefficient (Wildman–Crippen LogP) is 7.99. The van der Waals surface area contributed by atoms with Gasteiger partial charge in [-0.15, -0.1) is 0 Å². The smallest absolute Gasteiger partial charge is 0.119 e. The first kappa shape index (κ1) is 21.2. The van der Waals surface area contributed by atoms with Crippen molar-refractivity contribution in [3.63, 3.8) is 0 Å². The highest BCUT2D eigenvalue weighted by Gasteiger charge is 2.01. The molecule has 0 aliphatic rings. The maximum atomic E-state index is 5.90. The third-order valence-corrected chi connectivity index (χ3v) is 5.44. The molecule has 152 valence electrons. The molecule has 3 aromatic rings. The lowest BCUT2D eigenvalue weighted by Gasteiger charge is -2.08. The van der Waals surface area contributed by atoms with Crippen molar-refractivity contribution in [3.8, 4) is 16.9 Å². The van der Waals surface area contributed by atoms with Crippen LogP contribution in [0.5, 0.6) is 5.75 Å². The molecule has 0 unspecified atom stereocenters. The van der Waals surface area contributed by atoms with Crippen LogP contribution < -0.4 is 4.74 Å². The fraction of sp³-hybridized carbons (Fsp3) is 0.357. The largest absolute Gasteiger partial charge is 0.494 e. The second-order valence-corrected chi connectivity index (χ2v) is 8.00. The highest BCUT2D eigenvalue weighted by atomic mass is 16.5. The van der Waals surface area contributed by atoms with E-state index in [4.69, 9.17) is 4.74 Å². The summed E-state index contributed by atoms with van der Waals surface area (Å²) < 4.78 is 5.90. The Morgan fingerprint density at radius 1 is 0.586 bits per heavy atom. The van der Waals surface area contributed by atoms with E-state index in [-0.39, 0.29) is 0 Å². The fourth-order valence-corrected chi connectivity index (χ4v) is 3.57. The van der Waals surface area contributed by atoms with Crippen LogP contribution in [0.3, 0.4) is 0 Å². The molecule has 0 aliphatic heterocycles. The van der Waals surface area contributed by atoms with E-state index in [0.29, 0.717) is 0 Å². The lowest BCUT2D eigenvalue weighted by molar-refractivity contribution is 0.304. The Kier molecular flexibility index (Phi) is 8.37. The van der Waals surface area contributed by atoms with Crippen LogP contribution in [0.25, 0.3) is 11.1 Å². The number of hydrogen-bond acceptors (Lipinski definition) is 1. The third-order valence-electron chi connectivity index (χ3n) is 5.44. The Balaban J connectivity index is 1.47. The van der Waals surface area contributed by atoms with Crippen LogP contribution in [0, 0.1) is 6.92 Å². The quantitative estimate of drug-likeness (QED) is 0.303. The Morgan fingerprint density at radius 2 is 1.10 bits per heavy atom. The first-order valence-electron chi connectivity index (χ1n) is 11.1. The van der Waals surface area contributed by atoms with Crippen LogP contribution >= 0.6 is 0 Å². The van der Waals surface area contributed by atoms with Gasteiger partial charge in [0.1, 0.15) is 5.75 Å². The van der Waals surface area contributed by atoms with Crippen molar-refractivity contribution in [2.24, 2.45) is 0 Å². The van der Waals surface area contributed by atoms with Gasteiger partial charge in [-0.3, -0.25) is 0 Å². The molecule has 0 aliphatic carbocycles. The summed E-state index contributed by atoms with van der Waals surface area (Å²) >= 11 is 0. The summed E-state index contributed by atoms with van der Waals surface area (Å²) in [5, 5.41) is 0. The summed E-state index contributed by atoms with van der Waals surface area (Å²) in [6.45, 7) is 5.20.